The minimum atomic E-state index is -5.10. The number of amides is 1. The van der Waals surface area contributed by atoms with Gasteiger partial charge in [-0.1, -0.05) is 6.07 Å². The molecule has 2 heterocycles. The summed E-state index contributed by atoms with van der Waals surface area (Å²) in [6, 6.07) is 6.03. The van der Waals surface area contributed by atoms with Gasteiger partial charge in [-0.15, -0.1) is 0 Å². The second-order valence-corrected chi connectivity index (χ2v) is 12.3. The summed E-state index contributed by atoms with van der Waals surface area (Å²) >= 11 is 0. The summed E-state index contributed by atoms with van der Waals surface area (Å²) in [5, 5.41) is 9.76. The van der Waals surface area contributed by atoms with Crippen LogP contribution in [0.3, 0.4) is 0 Å². The molecule has 1 aliphatic heterocycles. The Labute approximate surface area is 245 Å². The molecule has 1 fully saturated rings. The summed E-state index contributed by atoms with van der Waals surface area (Å²) in [7, 11) is 0.0499. The zero-order valence-corrected chi connectivity index (χ0v) is 24.3. The highest BCUT2D eigenvalue weighted by Gasteiger charge is 2.41. The van der Waals surface area contributed by atoms with Gasteiger partial charge in [0.15, 0.2) is 0 Å². The lowest BCUT2D eigenvalue weighted by molar-refractivity contribution is -0.143. The van der Waals surface area contributed by atoms with Gasteiger partial charge < -0.3 is 10.0 Å². The third-order valence-corrected chi connectivity index (χ3v) is 8.82. The van der Waals surface area contributed by atoms with Crippen molar-refractivity contribution < 1.29 is 44.8 Å². The molecule has 0 saturated carbocycles. The Morgan fingerprint density at radius 2 is 1.58 bits per heavy atom. The smallest absolute Gasteiger partial charge is 0.381 e. The number of carbonyl (C=O) groups is 1. The molecule has 1 amide bonds. The van der Waals surface area contributed by atoms with Crippen molar-refractivity contribution in [3.63, 3.8) is 0 Å². The lowest BCUT2D eigenvalue weighted by Crippen LogP contribution is -2.42. The van der Waals surface area contributed by atoms with Gasteiger partial charge in [-0.2, -0.15) is 26.3 Å². The van der Waals surface area contributed by atoms with Crippen LogP contribution < -0.4 is 4.90 Å². The third kappa shape index (κ3) is 6.60. The molecule has 4 rings (SSSR count). The number of hydrogen-bond donors (Lipinski definition) is 1. The molecule has 0 aliphatic carbocycles. The molecular weight excluding hydrogens is 603 g/mol. The highest BCUT2D eigenvalue weighted by atomic mass is 32.2. The first-order chi connectivity index (χ1) is 19.8. The van der Waals surface area contributed by atoms with Gasteiger partial charge in [-0.3, -0.25) is 18.9 Å². The van der Waals surface area contributed by atoms with E-state index >= 15 is 0 Å². The molecule has 2 atom stereocenters. The molecule has 6 nitrogen and oxygen atoms in total. The van der Waals surface area contributed by atoms with Crippen molar-refractivity contribution in [3.8, 4) is 11.1 Å². The Morgan fingerprint density at radius 1 is 1.00 bits per heavy atom. The molecule has 0 radical (unpaired) electrons. The molecular formula is C29H28F7N3O3S. The number of nitrogens with zero attached hydrogens (tertiary/aromatic N) is 3. The van der Waals surface area contributed by atoms with Crippen LogP contribution in [0.5, 0.6) is 0 Å². The fourth-order valence-electron chi connectivity index (χ4n) is 5.05. The van der Waals surface area contributed by atoms with Gasteiger partial charge in [0.2, 0.25) is 5.91 Å². The van der Waals surface area contributed by atoms with Gasteiger partial charge in [0.25, 0.3) is 0 Å². The summed E-state index contributed by atoms with van der Waals surface area (Å²) in [5.74, 6) is -1.08. The molecule has 1 aromatic heterocycles. The van der Waals surface area contributed by atoms with E-state index in [0.29, 0.717) is 34.5 Å². The number of aryl methyl sites for hydroxylation is 1. The second-order valence-electron chi connectivity index (χ2n) is 10.9. The van der Waals surface area contributed by atoms with Crippen LogP contribution in [0.4, 0.5) is 36.4 Å². The number of rotatable bonds is 6. The first kappa shape index (κ1) is 32.6. The van der Waals surface area contributed by atoms with Crippen LogP contribution in [0.15, 0.2) is 48.7 Å². The van der Waals surface area contributed by atoms with Crippen LogP contribution >= 0.6 is 0 Å². The quantitative estimate of drug-likeness (QED) is 0.329. The molecule has 43 heavy (non-hydrogen) atoms. The zero-order valence-electron chi connectivity index (χ0n) is 23.5. The van der Waals surface area contributed by atoms with Gasteiger partial charge in [0, 0.05) is 29.2 Å². The molecule has 1 N–H and O–H groups in total. The van der Waals surface area contributed by atoms with E-state index in [9.17, 15) is 44.8 Å². The normalized spacial score (nSPS) is 18.2. The van der Waals surface area contributed by atoms with E-state index in [4.69, 9.17) is 0 Å². The average Bonchev–Trinajstić information content (AvgIpc) is 3.31. The summed E-state index contributed by atoms with van der Waals surface area (Å²) < 4.78 is 108. The molecule has 14 heteroatoms. The minimum Gasteiger partial charge on any atom is -0.381 e. The maximum absolute atomic E-state index is 14.0. The van der Waals surface area contributed by atoms with E-state index in [0.717, 1.165) is 4.90 Å². The Bertz CT molecular complexity index is 1540. The van der Waals surface area contributed by atoms with Crippen molar-refractivity contribution in [3.05, 3.63) is 82.4 Å². The predicted octanol–water partition coefficient (Wildman–Crippen LogP) is 6.19. The molecule has 2 aromatic carbocycles. The third-order valence-electron chi connectivity index (χ3n) is 7.51. The van der Waals surface area contributed by atoms with E-state index in [2.05, 4.69) is 4.98 Å². The van der Waals surface area contributed by atoms with E-state index in [-0.39, 0.29) is 23.4 Å². The standard InChI is InChI=1S/C29H28F7N3O3S/c1-16-7-20(30)5-6-21(16)22-11-23(25-13-43(42)15-39(25)14-40)37-12-24(22)38(4)26(41)27(2,3)17-8-18(28(31,32)33)10-19(9-17)29(34,35)36/h5-12,25,40H,13-15H2,1-4H3. The zero-order chi connectivity index (χ0) is 32.1. The van der Waals surface area contributed by atoms with Crippen LogP contribution in [0.25, 0.3) is 11.1 Å². The van der Waals surface area contributed by atoms with Crippen molar-refractivity contribution in [2.75, 3.05) is 30.3 Å². The fraction of sp³-hybridized carbons (Fsp3) is 0.379. The topological polar surface area (TPSA) is 73.7 Å². The maximum Gasteiger partial charge on any atom is 0.416 e. The average molecular weight is 632 g/mol. The summed E-state index contributed by atoms with van der Waals surface area (Å²) in [6.45, 7) is 3.67. The number of aliphatic hydroxyl groups excluding tert-OH is 1. The van der Waals surface area contributed by atoms with E-state index in [1.54, 1.807) is 17.9 Å². The number of halogens is 7. The monoisotopic (exact) mass is 631 g/mol. The molecule has 0 bridgehead atoms. The van der Waals surface area contributed by atoms with Crippen molar-refractivity contribution in [2.45, 2.75) is 44.6 Å². The highest BCUT2D eigenvalue weighted by Crippen LogP contribution is 2.41. The molecule has 1 aliphatic rings. The van der Waals surface area contributed by atoms with Gasteiger partial charge >= 0.3 is 12.4 Å². The van der Waals surface area contributed by atoms with Crippen LogP contribution in [-0.4, -0.2) is 50.5 Å². The first-order valence-corrected chi connectivity index (χ1v) is 14.4. The molecule has 2 unspecified atom stereocenters. The number of aliphatic hydroxyl groups is 1. The Morgan fingerprint density at radius 3 is 2.12 bits per heavy atom. The Balaban J connectivity index is 1.84. The highest BCUT2D eigenvalue weighted by molar-refractivity contribution is 7.85. The Kier molecular flexibility index (Phi) is 8.80. The summed E-state index contributed by atoms with van der Waals surface area (Å²) in [5.41, 5.74) is -3.60. The van der Waals surface area contributed by atoms with Crippen LogP contribution in [0, 0.1) is 12.7 Å². The summed E-state index contributed by atoms with van der Waals surface area (Å²) in [4.78, 5) is 20.9. The second kappa shape index (κ2) is 11.6. The predicted molar refractivity (Wildman–Crippen MR) is 147 cm³/mol. The van der Waals surface area contributed by atoms with E-state index in [1.165, 1.54) is 45.3 Å². The van der Waals surface area contributed by atoms with Crippen LogP contribution in [0.1, 0.15) is 47.8 Å². The van der Waals surface area contributed by atoms with Gasteiger partial charge in [0.1, 0.15) is 5.82 Å². The number of benzene rings is 2. The SMILES string of the molecule is Cc1cc(F)ccc1-c1cc(C2CS(=O)CN2CO)ncc1N(C)C(=O)C(C)(C)c1cc(C(F)(F)F)cc(C(F)(F)F)c1. The maximum atomic E-state index is 14.0. The molecule has 3 aromatic rings. The number of pyridine rings is 1. The summed E-state index contributed by atoms with van der Waals surface area (Å²) in [6.07, 6.45) is -8.88. The van der Waals surface area contributed by atoms with Crippen molar-refractivity contribution >= 4 is 22.4 Å². The van der Waals surface area contributed by atoms with Gasteiger partial charge in [-0.05, 0) is 73.9 Å². The fourth-order valence-corrected chi connectivity index (χ4v) is 6.52. The number of carbonyl (C=O) groups excluding carboxylic acids is 1. The van der Waals surface area contributed by atoms with E-state index in [1.807, 2.05) is 0 Å². The largest absolute Gasteiger partial charge is 0.416 e. The minimum absolute atomic E-state index is 0.00243. The molecule has 232 valence electrons. The van der Waals surface area contributed by atoms with Crippen molar-refractivity contribution in [2.24, 2.45) is 0 Å². The number of likely N-dealkylation sites (N-methyl/N-ethyl adjacent to an activating group) is 1. The van der Waals surface area contributed by atoms with Gasteiger partial charge in [-0.25, -0.2) is 4.39 Å². The van der Waals surface area contributed by atoms with Crippen molar-refractivity contribution in [1.82, 2.24) is 9.88 Å². The first-order valence-electron chi connectivity index (χ1n) is 12.9. The van der Waals surface area contributed by atoms with Gasteiger partial charge in [0.05, 0.1) is 52.8 Å². The van der Waals surface area contributed by atoms with Crippen LogP contribution in [-0.2, 0) is 33.4 Å². The molecule has 0 spiro atoms. The number of hydrogen-bond acceptors (Lipinski definition) is 5. The lowest BCUT2D eigenvalue weighted by Gasteiger charge is -2.32. The van der Waals surface area contributed by atoms with E-state index < -0.39 is 69.8 Å². The molecule has 1 saturated heterocycles. The number of aromatic nitrogens is 1. The number of alkyl halides is 6. The van der Waals surface area contributed by atoms with Crippen molar-refractivity contribution in [1.29, 1.82) is 0 Å². The number of anilines is 1. The van der Waals surface area contributed by atoms with Crippen LogP contribution in [0.2, 0.25) is 0 Å². The lowest BCUT2D eigenvalue weighted by atomic mass is 9.81. The Hall–Kier alpha value is -3.36.